The van der Waals surface area contributed by atoms with Crippen LogP contribution in [-0.2, 0) is 6.42 Å². The zero-order chi connectivity index (χ0) is 12.8. The summed E-state index contributed by atoms with van der Waals surface area (Å²) in [6.45, 7) is 0. The van der Waals surface area contributed by atoms with Crippen LogP contribution in [0.1, 0.15) is 11.1 Å². The molecule has 0 bridgehead atoms. The van der Waals surface area contributed by atoms with Gasteiger partial charge in [-0.1, -0.05) is 24.3 Å². The number of fused-ring (bicyclic) bond motifs is 3. The van der Waals surface area contributed by atoms with Gasteiger partial charge in [-0.3, -0.25) is 0 Å². The zero-order valence-electron chi connectivity index (χ0n) is 10.2. The first-order chi connectivity index (χ1) is 9.33. The van der Waals surface area contributed by atoms with Gasteiger partial charge in [0.1, 0.15) is 5.82 Å². The Balaban J connectivity index is 1.93. The maximum absolute atomic E-state index is 13.0. The molecule has 3 aromatic rings. The Morgan fingerprint density at radius 1 is 0.947 bits per heavy atom. The van der Waals surface area contributed by atoms with Gasteiger partial charge < -0.3 is 0 Å². The third-order valence-electron chi connectivity index (χ3n) is 3.57. The van der Waals surface area contributed by atoms with Crippen LogP contribution in [0.4, 0.5) is 4.39 Å². The molecule has 0 spiro atoms. The Labute approximate surface area is 110 Å². The number of benzene rings is 2. The molecule has 0 N–H and O–H groups in total. The fraction of sp³-hybridized carbons (Fsp3) is 0.0625. The highest BCUT2D eigenvalue weighted by molar-refractivity contribution is 5.75. The van der Waals surface area contributed by atoms with E-state index < -0.39 is 0 Å². The molecule has 2 nitrogen and oxygen atoms in total. The molecule has 0 unspecified atom stereocenters. The van der Waals surface area contributed by atoms with Gasteiger partial charge in [-0.2, -0.15) is 5.10 Å². The summed E-state index contributed by atoms with van der Waals surface area (Å²) in [4.78, 5) is 0. The highest BCUT2D eigenvalue weighted by atomic mass is 19.1. The van der Waals surface area contributed by atoms with Crippen molar-refractivity contribution in [2.24, 2.45) is 0 Å². The van der Waals surface area contributed by atoms with Crippen LogP contribution in [-0.4, -0.2) is 9.78 Å². The highest BCUT2D eigenvalue weighted by Gasteiger charge is 2.23. The lowest BCUT2D eigenvalue weighted by Crippen LogP contribution is -1.98. The average molecular weight is 250 g/mol. The molecule has 1 aliphatic rings. The van der Waals surface area contributed by atoms with E-state index >= 15 is 0 Å². The predicted molar refractivity (Wildman–Crippen MR) is 71.8 cm³/mol. The van der Waals surface area contributed by atoms with E-state index in [0.29, 0.717) is 0 Å². The van der Waals surface area contributed by atoms with Crippen molar-refractivity contribution in [2.45, 2.75) is 6.42 Å². The highest BCUT2D eigenvalue weighted by Crippen LogP contribution is 2.37. The minimum Gasteiger partial charge on any atom is -0.233 e. The lowest BCUT2D eigenvalue weighted by molar-refractivity contribution is 0.627. The first-order valence-electron chi connectivity index (χ1n) is 6.24. The molecule has 0 radical (unpaired) electrons. The van der Waals surface area contributed by atoms with Crippen molar-refractivity contribution in [3.05, 3.63) is 71.7 Å². The van der Waals surface area contributed by atoms with E-state index in [4.69, 9.17) is 0 Å². The quantitative estimate of drug-likeness (QED) is 0.505. The number of halogens is 1. The smallest absolute Gasteiger partial charge is 0.123 e. The second-order valence-corrected chi connectivity index (χ2v) is 4.74. The van der Waals surface area contributed by atoms with Gasteiger partial charge in [-0.15, -0.1) is 0 Å². The molecule has 4 rings (SSSR count). The van der Waals surface area contributed by atoms with Crippen LogP contribution < -0.4 is 0 Å². The van der Waals surface area contributed by atoms with Gasteiger partial charge in [0.05, 0.1) is 17.6 Å². The fourth-order valence-corrected chi connectivity index (χ4v) is 2.69. The number of nitrogens with zero attached hydrogens (tertiary/aromatic N) is 2. The van der Waals surface area contributed by atoms with E-state index in [-0.39, 0.29) is 5.82 Å². The van der Waals surface area contributed by atoms with E-state index in [1.165, 1.54) is 28.8 Å². The Bertz CT molecular complexity index is 757. The van der Waals surface area contributed by atoms with Crippen LogP contribution in [0, 0.1) is 5.82 Å². The molecule has 0 fully saturated rings. The Hall–Kier alpha value is -2.42. The fourth-order valence-electron chi connectivity index (χ4n) is 2.69. The summed E-state index contributed by atoms with van der Waals surface area (Å²) in [5, 5.41) is 4.43. The molecular formula is C16H11FN2. The summed E-state index contributed by atoms with van der Waals surface area (Å²) in [7, 11) is 0. The molecule has 0 aliphatic heterocycles. The minimum atomic E-state index is -0.229. The molecule has 0 saturated heterocycles. The van der Waals surface area contributed by atoms with E-state index in [0.717, 1.165) is 17.8 Å². The third kappa shape index (κ3) is 1.51. The Morgan fingerprint density at radius 3 is 2.58 bits per heavy atom. The summed E-state index contributed by atoms with van der Waals surface area (Å²) in [6.07, 6.45) is 2.82. The summed E-state index contributed by atoms with van der Waals surface area (Å²) >= 11 is 0. The minimum absolute atomic E-state index is 0.229. The van der Waals surface area contributed by atoms with Gasteiger partial charge in [0, 0.05) is 17.5 Å². The molecule has 1 heterocycles. The Morgan fingerprint density at radius 2 is 1.74 bits per heavy atom. The summed E-state index contributed by atoms with van der Waals surface area (Å²) < 4.78 is 14.9. The normalized spacial score (nSPS) is 12.3. The molecule has 19 heavy (non-hydrogen) atoms. The topological polar surface area (TPSA) is 17.8 Å². The van der Waals surface area contributed by atoms with Gasteiger partial charge in [-0.05, 0) is 29.8 Å². The van der Waals surface area contributed by atoms with E-state index in [1.807, 2.05) is 16.9 Å². The van der Waals surface area contributed by atoms with Crippen LogP contribution in [0.15, 0.2) is 54.7 Å². The molecule has 1 aliphatic carbocycles. The van der Waals surface area contributed by atoms with Crippen molar-refractivity contribution >= 4 is 0 Å². The molecule has 2 aromatic carbocycles. The lowest BCUT2D eigenvalue weighted by atomic mass is 10.1. The summed E-state index contributed by atoms with van der Waals surface area (Å²) in [5.74, 6) is -0.229. The van der Waals surface area contributed by atoms with Crippen LogP contribution in [0.3, 0.4) is 0 Å². The first-order valence-corrected chi connectivity index (χ1v) is 6.24. The maximum atomic E-state index is 13.0. The van der Waals surface area contributed by atoms with Gasteiger partial charge in [0.15, 0.2) is 0 Å². The van der Waals surface area contributed by atoms with Crippen molar-refractivity contribution in [1.82, 2.24) is 9.78 Å². The number of aromatic nitrogens is 2. The van der Waals surface area contributed by atoms with Crippen molar-refractivity contribution in [3.8, 4) is 16.9 Å². The molecule has 92 valence electrons. The van der Waals surface area contributed by atoms with Crippen LogP contribution in [0.5, 0.6) is 0 Å². The second-order valence-electron chi connectivity index (χ2n) is 4.74. The van der Waals surface area contributed by atoms with Gasteiger partial charge in [-0.25, -0.2) is 9.07 Å². The lowest BCUT2D eigenvalue weighted by Gasteiger charge is -2.07. The molecule has 1 aromatic heterocycles. The molecule has 0 saturated carbocycles. The third-order valence-corrected chi connectivity index (χ3v) is 3.57. The number of hydrogen-bond acceptors (Lipinski definition) is 1. The monoisotopic (exact) mass is 250 g/mol. The predicted octanol–water partition coefficient (Wildman–Crippen LogP) is 3.58. The zero-order valence-corrected chi connectivity index (χ0v) is 10.2. The van der Waals surface area contributed by atoms with Crippen LogP contribution in [0.2, 0.25) is 0 Å². The summed E-state index contributed by atoms with van der Waals surface area (Å²) in [6, 6.07) is 14.8. The van der Waals surface area contributed by atoms with E-state index in [2.05, 4.69) is 23.3 Å². The van der Waals surface area contributed by atoms with E-state index in [1.54, 1.807) is 12.1 Å². The average Bonchev–Trinajstić information content (AvgIpc) is 2.98. The van der Waals surface area contributed by atoms with Gasteiger partial charge in [0.25, 0.3) is 0 Å². The van der Waals surface area contributed by atoms with Crippen LogP contribution >= 0.6 is 0 Å². The largest absolute Gasteiger partial charge is 0.233 e. The van der Waals surface area contributed by atoms with Crippen molar-refractivity contribution in [1.29, 1.82) is 0 Å². The first kappa shape index (κ1) is 10.5. The second kappa shape index (κ2) is 3.79. The molecule has 3 heteroatoms. The van der Waals surface area contributed by atoms with Crippen molar-refractivity contribution in [3.63, 3.8) is 0 Å². The van der Waals surface area contributed by atoms with Gasteiger partial charge in [0.2, 0.25) is 0 Å². The van der Waals surface area contributed by atoms with Crippen molar-refractivity contribution < 1.29 is 4.39 Å². The van der Waals surface area contributed by atoms with Gasteiger partial charge >= 0.3 is 0 Å². The van der Waals surface area contributed by atoms with Crippen LogP contribution in [0.25, 0.3) is 16.9 Å². The number of hydrogen-bond donors (Lipinski definition) is 0. The van der Waals surface area contributed by atoms with E-state index in [9.17, 15) is 4.39 Å². The summed E-state index contributed by atoms with van der Waals surface area (Å²) in [5.41, 5.74) is 5.79. The molecular weight excluding hydrogens is 239 g/mol. The number of rotatable bonds is 1. The SMILES string of the molecule is Fc1ccc(-n2ncc3c2-c2ccccc2C3)cc1. The van der Waals surface area contributed by atoms with Crippen molar-refractivity contribution in [2.75, 3.05) is 0 Å². The standard InChI is InChI=1S/C16H11FN2/c17-13-5-7-14(8-6-13)19-16-12(10-18-19)9-11-3-1-2-4-15(11)16/h1-8,10H,9H2. The molecule has 0 amide bonds. The molecule has 0 atom stereocenters. The Kier molecular flexibility index (Phi) is 2.09. The maximum Gasteiger partial charge on any atom is 0.123 e.